The van der Waals surface area contributed by atoms with E-state index in [0.29, 0.717) is 0 Å². The molecule has 0 N–H and O–H groups in total. The molecule has 0 fully saturated rings. The van der Waals surface area contributed by atoms with Crippen molar-refractivity contribution in [3.05, 3.63) is 132 Å². The van der Waals surface area contributed by atoms with E-state index in [9.17, 15) is 0 Å². The van der Waals surface area contributed by atoms with E-state index in [1.807, 2.05) is 84.0 Å². The summed E-state index contributed by atoms with van der Waals surface area (Å²) in [5, 5.41) is 6.84. The number of rotatable bonds is 6. The molecule has 0 bridgehead atoms. The fourth-order valence-electron chi connectivity index (χ4n) is 3.10. The SMILES string of the molecule is C(=N\N(c1ccccc1)c1ccccc1)/C(=C/c1ccccc1)c1ccccc1. The van der Waals surface area contributed by atoms with E-state index in [2.05, 4.69) is 54.6 Å². The zero-order chi connectivity index (χ0) is 19.7. The Morgan fingerprint density at radius 3 is 1.52 bits per heavy atom. The molecule has 0 atom stereocenters. The molecule has 2 heteroatoms. The molecule has 0 spiro atoms. The van der Waals surface area contributed by atoms with Crippen LogP contribution < -0.4 is 5.01 Å². The Morgan fingerprint density at radius 1 is 0.552 bits per heavy atom. The van der Waals surface area contributed by atoms with Gasteiger partial charge in [-0.15, -0.1) is 0 Å². The number of allylic oxidation sites excluding steroid dienone is 1. The van der Waals surface area contributed by atoms with Gasteiger partial charge >= 0.3 is 0 Å². The van der Waals surface area contributed by atoms with Crippen LogP contribution in [0.5, 0.6) is 0 Å². The predicted octanol–water partition coefficient (Wildman–Crippen LogP) is 7.05. The highest BCUT2D eigenvalue weighted by Crippen LogP contribution is 2.26. The van der Waals surface area contributed by atoms with Crippen molar-refractivity contribution in [3.63, 3.8) is 0 Å². The van der Waals surface area contributed by atoms with Crippen molar-refractivity contribution in [2.24, 2.45) is 5.10 Å². The summed E-state index contributed by atoms with van der Waals surface area (Å²) < 4.78 is 0. The second kappa shape index (κ2) is 9.34. The van der Waals surface area contributed by atoms with Crippen LogP contribution in [0.4, 0.5) is 11.4 Å². The van der Waals surface area contributed by atoms with Crippen molar-refractivity contribution in [2.45, 2.75) is 0 Å². The Labute approximate surface area is 172 Å². The van der Waals surface area contributed by atoms with Gasteiger partial charge in [0, 0.05) is 5.57 Å². The number of nitrogens with zero attached hydrogens (tertiary/aromatic N) is 2. The molecule has 0 saturated heterocycles. The molecule has 29 heavy (non-hydrogen) atoms. The smallest absolute Gasteiger partial charge is 0.0652 e. The molecular weight excluding hydrogens is 352 g/mol. The fourth-order valence-corrected chi connectivity index (χ4v) is 3.10. The van der Waals surface area contributed by atoms with Gasteiger partial charge in [0.1, 0.15) is 0 Å². The molecule has 0 aliphatic heterocycles. The molecule has 4 rings (SSSR count). The third-order valence-electron chi connectivity index (χ3n) is 4.54. The third-order valence-corrected chi connectivity index (χ3v) is 4.54. The molecule has 4 aromatic carbocycles. The molecule has 0 aromatic heterocycles. The van der Waals surface area contributed by atoms with Gasteiger partial charge in [0.05, 0.1) is 17.6 Å². The summed E-state index contributed by atoms with van der Waals surface area (Å²) in [5.41, 5.74) is 5.35. The van der Waals surface area contributed by atoms with Gasteiger partial charge in [0.2, 0.25) is 0 Å². The molecule has 0 aliphatic carbocycles. The lowest BCUT2D eigenvalue weighted by molar-refractivity contribution is 1.09. The maximum absolute atomic E-state index is 4.88. The zero-order valence-electron chi connectivity index (χ0n) is 16.1. The Morgan fingerprint density at radius 2 is 1.00 bits per heavy atom. The largest absolute Gasteiger partial charge is 0.234 e. The molecular formula is C27H22N2. The van der Waals surface area contributed by atoms with Crippen LogP contribution >= 0.6 is 0 Å². The second-order valence-corrected chi connectivity index (χ2v) is 6.60. The van der Waals surface area contributed by atoms with Crippen LogP contribution in [0.2, 0.25) is 0 Å². The summed E-state index contributed by atoms with van der Waals surface area (Å²) in [6.45, 7) is 0. The lowest BCUT2D eigenvalue weighted by atomic mass is 10.0. The van der Waals surface area contributed by atoms with Crippen LogP contribution in [-0.4, -0.2) is 6.21 Å². The summed E-state index contributed by atoms with van der Waals surface area (Å²) in [6.07, 6.45) is 4.09. The number of para-hydroxylation sites is 2. The number of benzene rings is 4. The second-order valence-electron chi connectivity index (χ2n) is 6.60. The minimum Gasteiger partial charge on any atom is -0.234 e. The molecule has 2 nitrogen and oxygen atoms in total. The molecule has 0 heterocycles. The van der Waals surface area contributed by atoms with E-state index < -0.39 is 0 Å². The van der Waals surface area contributed by atoms with Crippen LogP contribution in [0.25, 0.3) is 11.6 Å². The molecule has 0 radical (unpaired) electrons. The van der Waals surface area contributed by atoms with E-state index in [1.165, 1.54) is 0 Å². The Kier molecular flexibility index (Phi) is 5.94. The zero-order valence-corrected chi connectivity index (χ0v) is 16.1. The van der Waals surface area contributed by atoms with Crippen molar-refractivity contribution in [3.8, 4) is 0 Å². The highest BCUT2D eigenvalue weighted by Gasteiger charge is 2.07. The number of hydrazone groups is 1. The van der Waals surface area contributed by atoms with E-state index >= 15 is 0 Å². The van der Waals surface area contributed by atoms with Gasteiger partial charge in [0.15, 0.2) is 0 Å². The van der Waals surface area contributed by atoms with Gasteiger partial charge in [-0.3, -0.25) is 0 Å². The van der Waals surface area contributed by atoms with Crippen molar-refractivity contribution in [2.75, 3.05) is 5.01 Å². The van der Waals surface area contributed by atoms with Gasteiger partial charge in [-0.2, -0.15) is 5.10 Å². The van der Waals surface area contributed by atoms with Crippen LogP contribution in [0.3, 0.4) is 0 Å². The molecule has 0 saturated carbocycles. The van der Waals surface area contributed by atoms with Crippen LogP contribution in [-0.2, 0) is 0 Å². The molecule has 0 aliphatic rings. The van der Waals surface area contributed by atoms with E-state index in [1.54, 1.807) is 0 Å². The topological polar surface area (TPSA) is 15.6 Å². The highest BCUT2D eigenvalue weighted by molar-refractivity contribution is 6.16. The van der Waals surface area contributed by atoms with E-state index in [4.69, 9.17) is 5.10 Å². The van der Waals surface area contributed by atoms with Gasteiger partial charge in [-0.05, 0) is 41.5 Å². The first-order valence-electron chi connectivity index (χ1n) is 9.66. The van der Waals surface area contributed by atoms with Crippen molar-refractivity contribution in [1.29, 1.82) is 0 Å². The molecule has 0 amide bonds. The van der Waals surface area contributed by atoms with Crippen molar-refractivity contribution in [1.82, 2.24) is 0 Å². The normalized spacial score (nSPS) is 11.5. The van der Waals surface area contributed by atoms with Crippen molar-refractivity contribution >= 4 is 29.2 Å². The first kappa shape index (κ1) is 18.5. The van der Waals surface area contributed by atoms with Gasteiger partial charge < -0.3 is 0 Å². The minimum atomic E-state index is 1.02. The summed E-state index contributed by atoms with van der Waals surface area (Å²) in [4.78, 5) is 0. The number of hydrogen-bond acceptors (Lipinski definition) is 2. The van der Waals surface area contributed by atoms with Crippen molar-refractivity contribution < 1.29 is 0 Å². The molecule has 140 valence electrons. The minimum absolute atomic E-state index is 1.02. The first-order chi connectivity index (χ1) is 14.4. The number of hydrogen-bond donors (Lipinski definition) is 0. The van der Waals surface area contributed by atoms with Crippen LogP contribution in [0, 0.1) is 0 Å². The predicted molar refractivity (Wildman–Crippen MR) is 124 cm³/mol. The summed E-state index contributed by atoms with van der Waals surface area (Å²) >= 11 is 0. The lowest BCUT2D eigenvalue weighted by Gasteiger charge is -2.19. The standard InChI is InChI=1S/C27H22N2/c1-5-13-23(14-6-1)21-25(24-15-7-2-8-16-24)22-28-29(26-17-9-3-10-18-26)27-19-11-4-12-20-27/h1-22H/b25-21-,28-22+. The molecule has 4 aromatic rings. The molecule has 0 unspecified atom stereocenters. The monoisotopic (exact) mass is 374 g/mol. The highest BCUT2D eigenvalue weighted by atomic mass is 15.5. The quantitative estimate of drug-likeness (QED) is 0.200. The average molecular weight is 374 g/mol. The Bertz CT molecular complexity index is 1030. The van der Waals surface area contributed by atoms with E-state index in [0.717, 1.165) is 28.1 Å². The summed E-state index contributed by atoms with van der Waals surface area (Å²) in [7, 11) is 0. The van der Waals surface area contributed by atoms with Crippen LogP contribution in [0.1, 0.15) is 11.1 Å². The van der Waals surface area contributed by atoms with Crippen LogP contribution in [0.15, 0.2) is 126 Å². The Hall–Kier alpha value is -3.91. The summed E-state index contributed by atoms with van der Waals surface area (Å²) in [6, 6.07) is 41.1. The van der Waals surface area contributed by atoms with Gasteiger partial charge in [0.25, 0.3) is 0 Å². The maximum Gasteiger partial charge on any atom is 0.0652 e. The Balaban J connectivity index is 1.75. The first-order valence-corrected chi connectivity index (χ1v) is 9.66. The van der Waals surface area contributed by atoms with Gasteiger partial charge in [-0.1, -0.05) is 97.1 Å². The average Bonchev–Trinajstić information content (AvgIpc) is 2.81. The summed E-state index contributed by atoms with van der Waals surface area (Å²) in [5.74, 6) is 0. The lowest BCUT2D eigenvalue weighted by Crippen LogP contribution is -2.09. The van der Waals surface area contributed by atoms with E-state index in [-0.39, 0.29) is 0 Å². The fraction of sp³-hybridized carbons (Fsp3) is 0. The number of anilines is 2. The maximum atomic E-state index is 4.88. The van der Waals surface area contributed by atoms with Gasteiger partial charge in [-0.25, -0.2) is 5.01 Å². The third kappa shape index (κ3) is 4.88.